The number of aryl methyl sites for hydroxylation is 1. The number of benzene rings is 1. The first-order valence-electron chi connectivity index (χ1n) is 6.58. The maximum absolute atomic E-state index is 6.39. The van der Waals surface area contributed by atoms with Crippen LogP contribution in [0.25, 0.3) is 0 Å². The molecule has 0 saturated carbocycles. The minimum atomic E-state index is 0.244. The quantitative estimate of drug-likeness (QED) is 0.721. The third-order valence-corrected chi connectivity index (χ3v) is 3.99. The summed E-state index contributed by atoms with van der Waals surface area (Å²) in [4.78, 5) is 0. The van der Waals surface area contributed by atoms with Crippen LogP contribution in [-0.2, 0) is 6.54 Å². The summed E-state index contributed by atoms with van der Waals surface area (Å²) in [5.41, 5.74) is 2.70. The fourth-order valence-electron chi connectivity index (χ4n) is 2.12. The highest BCUT2D eigenvalue weighted by molar-refractivity contribution is 6.21. The third kappa shape index (κ3) is 4.69. The van der Waals surface area contributed by atoms with Crippen LogP contribution in [0.15, 0.2) is 24.3 Å². The minimum Gasteiger partial charge on any atom is -0.311 e. The van der Waals surface area contributed by atoms with Gasteiger partial charge in [0.1, 0.15) is 0 Å². The molecule has 1 rings (SSSR count). The van der Waals surface area contributed by atoms with E-state index in [1.165, 1.54) is 11.1 Å². The lowest BCUT2D eigenvalue weighted by atomic mass is 9.99. The van der Waals surface area contributed by atoms with Gasteiger partial charge < -0.3 is 5.32 Å². The molecular weight excluding hydrogens is 230 g/mol. The van der Waals surface area contributed by atoms with E-state index in [2.05, 4.69) is 50.4 Å². The molecule has 2 heteroatoms. The van der Waals surface area contributed by atoms with Crippen molar-refractivity contribution in [3.63, 3.8) is 0 Å². The number of hydrogen-bond acceptors (Lipinski definition) is 1. The lowest BCUT2D eigenvalue weighted by Gasteiger charge is -2.19. The van der Waals surface area contributed by atoms with Crippen LogP contribution in [0.4, 0.5) is 0 Å². The van der Waals surface area contributed by atoms with Gasteiger partial charge in [0.25, 0.3) is 0 Å². The van der Waals surface area contributed by atoms with Gasteiger partial charge in [0.15, 0.2) is 0 Å². The number of hydrogen-bond donors (Lipinski definition) is 1. The second-order valence-electron chi connectivity index (χ2n) is 4.65. The Bertz CT molecular complexity index is 320. The average molecular weight is 254 g/mol. The van der Waals surface area contributed by atoms with Gasteiger partial charge in [0.05, 0.1) is 0 Å². The summed E-state index contributed by atoms with van der Waals surface area (Å²) in [6, 6.07) is 8.48. The van der Waals surface area contributed by atoms with E-state index in [1.54, 1.807) is 0 Å². The largest absolute Gasteiger partial charge is 0.311 e. The lowest BCUT2D eigenvalue weighted by molar-refractivity contribution is 0.446. The van der Waals surface area contributed by atoms with Crippen LogP contribution in [-0.4, -0.2) is 11.9 Å². The molecule has 1 aromatic carbocycles. The lowest BCUT2D eigenvalue weighted by Crippen LogP contribution is -2.28. The van der Waals surface area contributed by atoms with E-state index in [4.69, 9.17) is 11.6 Å². The molecule has 0 radical (unpaired) electrons. The minimum absolute atomic E-state index is 0.244. The van der Waals surface area contributed by atoms with Crippen molar-refractivity contribution < 1.29 is 0 Å². The molecule has 0 fully saturated rings. The van der Waals surface area contributed by atoms with E-state index >= 15 is 0 Å². The zero-order valence-electron chi connectivity index (χ0n) is 11.2. The second-order valence-corrected chi connectivity index (χ2v) is 5.21. The summed E-state index contributed by atoms with van der Waals surface area (Å²) in [6.45, 7) is 8.38. The summed E-state index contributed by atoms with van der Waals surface area (Å²) in [5.74, 6) is 0.626. The number of rotatable bonds is 7. The van der Waals surface area contributed by atoms with Crippen molar-refractivity contribution in [2.75, 3.05) is 6.54 Å². The van der Waals surface area contributed by atoms with Gasteiger partial charge in [0.2, 0.25) is 0 Å². The van der Waals surface area contributed by atoms with Crippen molar-refractivity contribution in [2.24, 2.45) is 5.92 Å². The van der Waals surface area contributed by atoms with E-state index < -0.39 is 0 Å². The average Bonchev–Trinajstić information content (AvgIpc) is 2.33. The standard InChI is InChI=1S/C15H24ClN/c1-4-13(5-2)15(16)11-17-10-14-9-7-6-8-12(14)3/h6-9,13,15,17H,4-5,10-11H2,1-3H3. The highest BCUT2D eigenvalue weighted by atomic mass is 35.5. The van der Waals surface area contributed by atoms with E-state index in [9.17, 15) is 0 Å². The van der Waals surface area contributed by atoms with Gasteiger partial charge in [-0.1, -0.05) is 51.0 Å². The SMILES string of the molecule is CCC(CC)C(Cl)CNCc1ccccc1C. The molecule has 0 heterocycles. The highest BCUT2D eigenvalue weighted by Crippen LogP contribution is 2.17. The van der Waals surface area contributed by atoms with E-state index in [0.29, 0.717) is 5.92 Å². The maximum atomic E-state index is 6.39. The maximum Gasteiger partial charge on any atom is 0.0488 e. The Morgan fingerprint density at radius 3 is 2.41 bits per heavy atom. The van der Waals surface area contributed by atoms with Gasteiger partial charge in [-0.05, 0) is 24.0 Å². The Labute approximate surface area is 111 Å². The van der Waals surface area contributed by atoms with Gasteiger partial charge in [-0.15, -0.1) is 11.6 Å². The molecule has 0 aliphatic carbocycles. The van der Waals surface area contributed by atoms with E-state index in [0.717, 1.165) is 25.9 Å². The van der Waals surface area contributed by atoms with Crippen LogP contribution in [0.3, 0.4) is 0 Å². The summed E-state index contributed by atoms with van der Waals surface area (Å²) in [5, 5.41) is 3.70. The van der Waals surface area contributed by atoms with Crippen LogP contribution in [0.1, 0.15) is 37.8 Å². The molecule has 0 aliphatic rings. The van der Waals surface area contributed by atoms with E-state index in [1.807, 2.05) is 0 Å². The number of nitrogens with one attached hydrogen (secondary N) is 1. The fourth-order valence-corrected chi connectivity index (χ4v) is 2.59. The molecule has 96 valence electrons. The number of halogens is 1. The Morgan fingerprint density at radius 1 is 1.18 bits per heavy atom. The van der Waals surface area contributed by atoms with E-state index in [-0.39, 0.29) is 5.38 Å². The normalized spacial score (nSPS) is 13.0. The predicted molar refractivity (Wildman–Crippen MR) is 76.6 cm³/mol. The summed E-state index contributed by atoms with van der Waals surface area (Å²) < 4.78 is 0. The Kier molecular flexibility index (Phi) is 6.61. The summed E-state index contributed by atoms with van der Waals surface area (Å²) in [7, 11) is 0. The van der Waals surface area contributed by atoms with Crippen molar-refractivity contribution >= 4 is 11.6 Å². The molecule has 0 amide bonds. The molecule has 0 bridgehead atoms. The van der Waals surface area contributed by atoms with Gasteiger partial charge in [-0.2, -0.15) is 0 Å². The summed E-state index contributed by atoms with van der Waals surface area (Å²) in [6.07, 6.45) is 2.33. The molecular formula is C15H24ClN. The third-order valence-electron chi connectivity index (χ3n) is 3.48. The predicted octanol–water partition coefficient (Wildman–Crippen LogP) is 4.13. The monoisotopic (exact) mass is 253 g/mol. The molecule has 1 nitrogen and oxygen atoms in total. The van der Waals surface area contributed by atoms with Crippen LogP contribution < -0.4 is 5.32 Å². The molecule has 17 heavy (non-hydrogen) atoms. The van der Waals surface area contributed by atoms with Crippen molar-refractivity contribution in [1.82, 2.24) is 5.32 Å². The summed E-state index contributed by atoms with van der Waals surface area (Å²) >= 11 is 6.39. The first kappa shape index (κ1) is 14.5. The second kappa shape index (κ2) is 7.73. The smallest absolute Gasteiger partial charge is 0.0488 e. The van der Waals surface area contributed by atoms with Crippen molar-refractivity contribution in [3.05, 3.63) is 35.4 Å². The van der Waals surface area contributed by atoms with Crippen LogP contribution in [0.5, 0.6) is 0 Å². The molecule has 0 aliphatic heterocycles. The topological polar surface area (TPSA) is 12.0 Å². The fraction of sp³-hybridized carbons (Fsp3) is 0.600. The van der Waals surface area contributed by atoms with Gasteiger partial charge in [-0.25, -0.2) is 0 Å². The van der Waals surface area contributed by atoms with Gasteiger partial charge >= 0.3 is 0 Å². The Balaban J connectivity index is 2.35. The zero-order chi connectivity index (χ0) is 12.7. The Hall–Kier alpha value is -0.530. The molecule has 1 aromatic rings. The first-order valence-corrected chi connectivity index (χ1v) is 7.01. The highest BCUT2D eigenvalue weighted by Gasteiger charge is 2.14. The van der Waals surface area contributed by atoms with Crippen molar-refractivity contribution in [3.8, 4) is 0 Å². The van der Waals surface area contributed by atoms with Crippen LogP contribution in [0.2, 0.25) is 0 Å². The van der Waals surface area contributed by atoms with Gasteiger partial charge in [0, 0.05) is 18.5 Å². The molecule has 0 saturated heterocycles. The van der Waals surface area contributed by atoms with Crippen LogP contribution in [0, 0.1) is 12.8 Å². The van der Waals surface area contributed by atoms with Crippen molar-refractivity contribution in [2.45, 2.75) is 45.5 Å². The van der Waals surface area contributed by atoms with Crippen molar-refractivity contribution in [1.29, 1.82) is 0 Å². The molecule has 0 aromatic heterocycles. The molecule has 0 spiro atoms. The number of alkyl halides is 1. The van der Waals surface area contributed by atoms with Crippen LogP contribution >= 0.6 is 11.6 Å². The molecule has 1 N–H and O–H groups in total. The zero-order valence-corrected chi connectivity index (χ0v) is 11.9. The molecule has 1 unspecified atom stereocenters. The molecule has 1 atom stereocenters. The first-order chi connectivity index (χ1) is 8.19. The van der Waals surface area contributed by atoms with Gasteiger partial charge in [-0.3, -0.25) is 0 Å². The Morgan fingerprint density at radius 2 is 1.82 bits per heavy atom.